The van der Waals surface area contributed by atoms with Crippen LogP contribution in [0.25, 0.3) is 0 Å². The van der Waals surface area contributed by atoms with Crippen molar-refractivity contribution in [2.75, 3.05) is 0 Å². The highest BCUT2D eigenvalue weighted by Gasteiger charge is 2.20. The number of carbonyl (C=O) groups is 2. The van der Waals surface area contributed by atoms with E-state index in [4.69, 9.17) is 4.42 Å². The molecule has 122 valence electrons. The first-order chi connectivity index (χ1) is 10.9. The Bertz CT molecular complexity index is 692. The van der Waals surface area contributed by atoms with Gasteiger partial charge in [-0.3, -0.25) is 9.59 Å². The van der Waals surface area contributed by atoms with Crippen LogP contribution in [-0.2, 0) is 4.79 Å². The lowest BCUT2D eigenvalue weighted by atomic mass is 10.00. The minimum absolute atomic E-state index is 0.129. The molecule has 0 fully saturated rings. The number of rotatable bonds is 5. The molecule has 1 aromatic carbocycles. The molecule has 2 N–H and O–H groups in total. The molecule has 0 spiro atoms. The Labute approximate surface area is 136 Å². The molecule has 23 heavy (non-hydrogen) atoms. The number of aryl methyl sites for hydroxylation is 2. The van der Waals surface area contributed by atoms with E-state index in [1.807, 2.05) is 32.9 Å². The van der Waals surface area contributed by atoms with Gasteiger partial charge in [0.1, 0.15) is 12.3 Å². The van der Waals surface area contributed by atoms with Crippen LogP contribution in [0.4, 0.5) is 0 Å². The first kappa shape index (κ1) is 16.8. The Morgan fingerprint density at radius 2 is 1.83 bits per heavy atom. The van der Waals surface area contributed by atoms with Crippen LogP contribution in [0.2, 0.25) is 0 Å². The molecule has 1 aromatic heterocycles. The first-order valence-electron chi connectivity index (χ1n) is 7.59. The van der Waals surface area contributed by atoms with Gasteiger partial charge in [0.25, 0.3) is 5.91 Å². The second kappa shape index (κ2) is 7.13. The lowest BCUT2D eigenvalue weighted by Gasteiger charge is -2.20. The van der Waals surface area contributed by atoms with Crippen molar-refractivity contribution in [2.24, 2.45) is 0 Å². The zero-order valence-corrected chi connectivity index (χ0v) is 13.8. The molecule has 2 rings (SSSR count). The van der Waals surface area contributed by atoms with E-state index in [0.717, 1.165) is 16.7 Å². The summed E-state index contributed by atoms with van der Waals surface area (Å²) in [6.45, 7) is 7.63. The summed E-state index contributed by atoms with van der Waals surface area (Å²) < 4.78 is 4.86. The van der Waals surface area contributed by atoms with Crippen molar-refractivity contribution < 1.29 is 14.0 Å². The van der Waals surface area contributed by atoms with Crippen molar-refractivity contribution in [3.8, 4) is 0 Å². The van der Waals surface area contributed by atoms with E-state index in [0.29, 0.717) is 5.56 Å². The van der Waals surface area contributed by atoms with Crippen molar-refractivity contribution >= 4 is 11.8 Å². The van der Waals surface area contributed by atoms with Crippen molar-refractivity contribution in [3.63, 3.8) is 0 Å². The molecule has 5 nitrogen and oxygen atoms in total. The summed E-state index contributed by atoms with van der Waals surface area (Å²) in [5.41, 5.74) is 3.74. The number of amides is 2. The van der Waals surface area contributed by atoms with Gasteiger partial charge in [0, 0.05) is 0 Å². The van der Waals surface area contributed by atoms with Gasteiger partial charge in [0.2, 0.25) is 5.91 Å². The lowest BCUT2D eigenvalue weighted by Crippen LogP contribution is -2.45. The van der Waals surface area contributed by atoms with Crippen molar-refractivity contribution in [2.45, 2.75) is 39.8 Å². The van der Waals surface area contributed by atoms with E-state index in [2.05, 4.69) is 16.7 Å². The van der Waals surface area contributed by atoms with Gasteiger partial charge in [-0.1, -0.05) is 23.8 Å². The number of hydrogen-bond donors (Lipinski definition) is 2. The summed E-state index contributed by atoms with van der Waals surface area (Å²) in [6, 6.07) is 6.94. The fourth-order valence-electron chi connectivity index (χ4n) is 2.38. The average molecular weight is 314 g/mol. The number of hydrogen-bond acceptors (Lipinski definition) is 3. The standard InChI is InChI=1S/C18H22N2O3/c1-11-5-6-12(2)16(9-11)13(3)19-17(21)14(4)20-18(22)15-7-8-23-10-15/h5-10,13-14H,1-4H3,(H,19,21)(H,20,22)/t13-,14+/m1/s1. The quantitative estimate of drug-likeness (QED) is 0.891. The fourth-order valence-corrected chi connectivity index (χ4v) is 2.38. The summed E-state index contributed by atoms with van der Waals surface area (Å²) in [6.07, 6.45) is 2.76. The second-order valence-corrected chi connectivity index (χ2v) is 5.80. The molecule has 2 amide bonds. The Hall–Kier alpha value is -2.56. The molecule has 0 saturated carbocycles. The Morgan fingerprint density at radius 3 is 2.48 bits per heavy atom. The summed E-state index contributed by atoms with van der Waals surface area (Å²) in [5, 5.41) is 5.59. The Morgan fingerprint density at radius 1 is 1.09 bits per heavy atom. The third-order valence-electron chi connectivity index (χ3n) is 3.78. The van der Waals surface area contributed by atoms with Crippen LogP contribution >= 0.6 is 0 Å². The summed E-state index contributed by atoms with van der Waals surface area (Å²) >= 11 is 0. The zero-order chi connectivity index (χ0) is 17.0. The normalized spacial score (nSPS) is 13.2. The van der Waals surface area contributed by atoms with Crippen LogP contribution in [0, 0.1) is 13.8 Å². The maximum atomic E-state index is 12.3. The predicted molar refractivity (Wildman–Crippen MR) is 88.1 cm³/mol. The Kier molecular flexibility index (Phi) is 5.21. The van der Waals surface area contributed by atoms with E-state index in [-0.39, 0.29) is 17.9 Å². The van der Waals surface area contributed by atoms with Gasteiger partial charge < -0.3 is 15.1 Å². The lowest BCUT2D eigenvalue weighted by molar-refractivity contribution is -0.123. The minimum atomic E-state index is -0.634. The highest BCUT2D eigenvalue weighted by molar-refractivity contribution is 5.97. The molecule has 0 aliphatic heterocycles. The molecule has 0 bridgehead atoms. The van der Waals surface area contributed by atoms with E-state index >= 15 is 0 Å². The Balaban J connectivity index is 1.97. The second-order valence-electron chi connectivity index (χ2n) is 5.80. The summed E-state index contributed by atoms with van der Waals surface area (Å²) in [5.74, 6) is -0.559. The third-order valence-corrected chi connectivity index (χ3v) is 3.78. The maximum Gasteiger partial charge on any atom is 0.255 e. The molecule has 2 atom stereocenters. The van der Waals surface area contributed by atoms with Crippen LogP contribution < -0.4 is 10.6 Å². The van der Waals surface area contributed by atoms with E-state index in [9.17, 15) is 9.59 Å². The van der Waals surface area contributed by atoms with Gasteiger partial charge in [0.05, 0.1) is 17.9 Å². The summed E-state index contributed by atoms with van der Waals surface area (Å²) in [4.78, 5) is 24.2. The van der Waals surface area contributed by atoms with Gasteiger partial charge >= 0.3 is 0 Å². The number of carbonyl (C=O) groups excluding carboxylic acids is 2. The zero-order valence-electron chi connectivity index (χ0n) is 13.8. The van der Waals surface area contributed by atoms with Crippen LogP contribution in [0.5, 0.6) is 0 Å². The third kappa shape index (κ3) is 4.22. The van der Waals surface area contributed by atoms with Crippen LogP contribution in [0.15, 0.2) is 41.2 Å². The van der Waals surface area contributed by atoms with Gasteiger partial charge in [-0.25, -0.2) is 0 Å². The van der Waals surface area contributed by atoms with Crippen LogP contribution in [-0.4, -0.2) is 17.9 Å². The van der Waals surface area contributed by atoms with Crippen molar-refractivity contribution in [1.29, 1.82) is 0 Å². The molecule has 1 heterocycles. The smallest absolute Gasteiger partial charge is 0.255 e. The molecule has 5 heteroatoms. The highest BCUT2D eigenvalue weighted by Crippen LogP contribution is 2.18. The minimum Gasteiger partial charge on any atom is -0.472 e. The van der Waals surface area contributed by atoms with E-state index < -0.39 is 6.04 Å². The molecule has 0 saturated heterocycles. The summed E-state index contributed by atoms with van der Waals surface area (Å²) in [7, 11) is 0. The average Bonchev–Trinajstić information content (AvgIpc) is 3.03. The van der Waals surface area contributed by atoms with Gasteiger partial charge in [-0.05, 0) is 44.9 Å². The monoisotopic (exact) mass is 314 g/mol. The largest absolute Gasteiger partial charge is 0.472 e. The maximum absolute atomic E-state index is 12.3. The van der Waals surface area contributed by atoms with Crippen LogP contribution in [0.1, 0.15) is 46.9 Å². The van der Waals surface area contributed by atoms with Crippen molar-refractivity contribution in [3.05, 3.63) is 59.0 Å². The van der Waals surface area contributed by atoms with Crippen LogP contribution in [0.3, 0.4) is 0 Å². The molecule has 2 aromatic rings. The highest BCUT2D eigenvalue weighted by atomic mass is 16.3. The van der Waals surface area contributed by atoms with Gasteiger partial charge in [0.15, 0.2) is 0 Å². The fraction of sp³-hybridized carbons (Fsp3) is 0.333. The van der Waals surface area contributed by atoms with E-state index in [1.165, 1.54) is 12.5 Å². The molecule has 0 radical (unpaired) electrons. The number of benzene rings is 1. The number of furan rings is 1. The SMILES string of the molecule is Cc1ccc(C)c([C@@H](C)NC(=O)[C@H](C)NC(=O)c2ccoc2)c1. The molecule has 0 aliphatic rings. The predicted octanol–water partition coefficient (Wildman–Crippen LogP) is 2.89. The molecule has 0 unspecified atom stereocenters. The molecule has 0 aliphatic carbocycles. The van der Waals surface area contributed by atoms with E-state index in [1.54, 1.807) is 13.0 Å². The van der Waals surface area contributed by atoms with Crippen molar-refractivity contribution in [1.82, 2.24) is 10.6 Å². The number of nitrogens with one attached hydrogen (secondary N) is 2. The molecular weight excluding hydrogens is 292 g/mol. The topological polar surface area (TPSA) is 71.3 Å². The van der Waals surface area contributed by atoms with Gasteiger partial charge in [-0.15, -0.1) is 0 Å². The molecular formula is C18H22N2O3. The first-order valence-corrected chi connectivity index (χ1v) is 7.59. The van der Waals surface area contributed by atoms with Gasteiger partial charge in [-0.2, -0.15) is 0 Å².